The molecule has 0 unspecified atom stereocenters. The number of carbonyl (C=O) groups is 2. The van der Waals surface area contributed by atoms with E-state index in [0.717, 1.165) is 11.8 Å². The first-order valence-corrected chi connectivity index (χ1v) is 7.73. The lowest BCUT2D eigenvalue weighted by molar-refractivity contribution is 0.0696. The molecule has 0 amide bonds. The van der Waals surface area contributed by atoms with Crippen molar-refractivity contribution < 1.29 is 19.8 Å². The Hall–Kier alpha value is -3.94. The summed E-state index contributed by atoms with van der Waals surface area (Å²) in [4.78, 5) is 45.4. The lowest BCUT2D eigenvalue weighted by Crippen LogP contribution is -2.27. The zero-order valence-corrected chi connectivity index (χ0v) is 14.2. The van der Waals surface area contributed by atoms with E-state index >= 15 is 0 Å². The van der Waals surface area contributed by atoms with E-state index < -0.39 is 17.6 Å². The number of hydrogen-bond acceptors (Lipinski definition) is 4. The molecule has 0 fully saturated rings. The van der Waals surface area contributed by atoms with Crippen LogP contribution in [0.1, 0.15) is 26.3 Å². The predicted octanol–water partition coefficient (Wildman–Crippen LogP) is 1.92. The fourth-order valence-electron chi connectivity index (χ4n) is 2.24. The Morgan fingerprint density at radius 3 is 1.93 bits per heavy atom. The molecule has 0 radical (unpaired) electrons. The monoisotopic (exact) mass is 368 g/mol. The lowest BCUT2D eigenvalue weighted by atomic mass is 10.1. The molecule has 0 saturated heterocycles. The maximum atomic E-state index is 11.3. The van der Waals surface area contributed by atoms with Gasteiger partial charge in [-0.25, -0.2) is 14.4 Å². The molecule has 3 aromatic rings. The Bertz CT molecular complexity index is 1050. The second-order valence-electron chi connectivity index (χ2n) is 5.51. The van der Waals surface area contributed by atoms with Gasteiger partial charge >= 0.3 is 17.6 Å². The van der Waals surface area contributed by atoms with Gasteiger partial charge in [0.1, 0.15) is 0 Å². The number of aryl methyl sites for hydroxylation is 1. The smallest absolute Gasteiger partial charge is 0.335 e. The highest BCUT2D eigenvalue weighted by molar-refractivity contribution is 5.94. The van der Waals surface area contributed by atoms with Crippen LogP contribution in [0.25, 0.3) is 5.69 Å². The SMILES string of the molecule is Cc1cc(C(=O)O)cc(C(=O)O)c1.O=c1ccn(-c2ccccc2)c(=O)[nH]1. The van der Waals surface area contributed by atoms with Crippen molar-refractivity contribution in [2.75, 3.05) is 0 Å². The van der Waals surface area contributed by atoms with Gasteiger partial charge in [-0.15, -0.1) is 0 Å². The molecule has 0 atom stereocenters. The summed E-state index contributed by atoms with van der Waals surface area (Å²) in [6, 6.07) is 14.4. The molecule has 8 nitrogen and oxygen atoms in total. The molecule has 1 heterocycles. The van der Waals surface area contributed by atoms with Crippen molar-refractivity contribution in [3.05, 3.63) is 98.3 Å². The zero-order chi connectivity index (χ0) is 20.0. The number of aromatic amines is 1. The molecular formula is C19H16N2O6. The quantitative estimate of drug-likeness (QED) is 0.648. The van der Waals surface area contributed by atoms with E-state index in [1.165, 1.54) is 29.0 Å². The largest absolute Gasteiger partial charge is 0.478 e. The average molecular weight is 368 g/mol. The minimum absolute atomic E-state index is 0.00241. The normalized spacial score (nSPS) is 9.81. The highest BCUT2D eigenvalue weighted by atomic mass is 16.4. The molecule has 3 N–H and O–H groups in total. The van der Waals surface area contributed by atoms with E-state index in [9.17, 15) is 19.2 Å². The summed E-state index contributed by atoms with van der Waals surface area (Å²) >= 11 is 0. The summed E-state index contributed by atoms with van der Waals surface area (Å²) in [6.45, 7) is 1.65. The van der Waals surface area contributed by atoms with Crippen LogP contribution in [0.4, 0.5) is 0 Å². The molecule has 0 bridgehead atoms. The Morgan fingerprint density at radius 1 is 0.889 bits per heavy atom. The molecule has 27 heavy (non-hydrogen) atoms. The number of rotatable bonds is 3. The van der Waals surface area contributed by atoms with Crippen molar-refractivity contribution in [3.8, 4) is 5.69 Å². The average Bonchev–Trinajstić information content (AvgIpc) is 2.62. The minimum Gasteiger partial charge on any atom is -0.478 e. The van der Waals surface area contributed by atoms with Gasteiger partial charge in [0.15, 0.2) is 0 Å². The number of aromatic carboxylic acids is 2. The Kier molecular flexibility index (Phi) is 6.06. The van der Waals surface area contributed by atoms with Gasteiger partial charge in [-0.3, -0.25) is 14.3 Å². The molecular weight excluding hydrogens is 352 g/mol. The molecule has 1 aromatic heterocycles. The Labute approximate surface area is 153 Å². The third-order valence-corrected chi connectivity index (χ3v) is 3.43. The second-order valence-corrected chi connectivity index (χ2v) is 5.51. The van der Waals surface area contributed by atoms with Gasteiger partial charge in [0.25, 0.3) is 5.56 Å². The highest BCUT2D eigenvalue weighted by Gasteiger charge is 2.09. The van der Waals surface area contributed by atoms with Crippen molar-refractivity contribution in [2.45, 2.75) is 6.92 Å². The van der Waals surface area contributed by atoms with E-state index in [-0.39, 0.29) is 16.7 Å². The van der Waals surface area contributed by atoms with Gasteiger partial charge in [0, 0.05) is 12.3 Å². The number of H-pyrrole nitrogens is 1. The van der Waals surface area contributed by atoms with E-state index in [2.05, 4.69) is 4.98 Å². The van der Waals surface area contributed by atoms with Crippen molar-refractivity contribution in [1.82, 2.24) is 9.55 Å². The summed E-state index contributed by atoms with van der Waals surface area (Å²) < 4.78 is 1.38. The molecule has 0 aliphatic rings. The minimum atomic E-state index is -1.12. The Balaban J connectivity index is 0.000000194. The first-order valence-electron chi connectivity index (χ1n) is 7.73. The van der Waals surface area contributed by atoms with Gasteiger partial charge in [0.2, 0.25) is 0 Å². The van der Waals surface area contributed by atoms with Crippen molar-refractivity contribution in [1.29, 1.82) is 0 Å². The molecule has 0 aliphatic carbocycles. The van der Waals surface area contributed by atoms with E-state index in [0.29, 0.717) is 5.56 Å². The van der Waals surface area contributed by atoms with E-state index in [1.807, 2.05) is 18.2 Å². The number of carboxylic acids is 2. The molecule has 0 saturated carbocycles. The summed E-state index contributed by atoms with van der Waals surface area (Å²) in [7, 11) is 0. The molecule has 0 aliphatic heterocycles. The number of aromatic nitrogens is 2. The second kappa shape index (κ2) is 8.43. The number of carboxylic acid groups (broad SMARTS) is 2. The van der Waals surface area contributed by atoms with Crippen molar-refractivity contribution in [2.24, 2.45) is 0 Å². The van der Waals surface area contributed by atoms with Crippen LogP contribution in [-0.4, -0.2) is 31.7 Å². The standard InChI is InChI=1S/C10H8N2O2.C9H8O4/c13-9-6-7-12(10(14)11-9)8-4-2-1-3-5-8;1-5-2-6(8(10)11)4-7(3-5)9(12)13/h1-7H,(H,11,13,14);2-4H,1H3,(H,10,11)(H,12,13). The highest BCUT2D eigenvalue weighted by Crippen LogP contribution is 2.09. The fourth-order valence-corrected chi connectivity index (χ4v) is 2.24. The predicted molar refractivity (Wildman–Crippen MR) is 97.8 cm³/mol. The van der Waals surface area contributed by atoms with E-state index in [4.69, 9.17) is 10.2 Å². The topological polar surface area (TPSA) is 129 Å². The summed E-state index contributed by atoms with van der Waals surface area (Å²) in [5, 5.41) is 17.2. The number of hydrogen-bond donors (Lipinski definition) is 3. The van der Waals surface area contributed by atoms with Crippen molar-refractivity contribution >= 4 is 11.9 Å². The van der Waals surface area contributed by atoms with Crippen molar-refractivity contribution in [3.63, 3.8) is 0 Å². The fraction of sp³-hybridized carbons (Fsp3) is 0.0526. The van der Waals surface area contributed by atoms with E-state index in [1.54, 1.807) is 19.1 Å². The molecule has 2 aromatic carbocycles. The summed E-state index contributed by atoms with van der Waals surface area (Å²) in [6.07, 6.45) is 1.45. The van der Waals surface area contributed by atoms with Crippen LogP contribution in [0.5, 0.6) is 0 Å². The summed E-state index contributed by atoms with van der Waals surface area (Å²) in [5.41, 5.74) is 0.534. The van der Waals surface area contributed by atoms with Crippen LogP contribution < -0.4 is 11.2 Å². The maximum absolute atomic E-state index is 11.3. The van der Waals surface area contributed by atoms with Gasteiger partial charge in [-0.2, -0.15) is 0 Å². The van der Waals surface area contributed by atoms with Gasteiger partial charge < -0.3 is 10.2 Å². The summed E-state index contributed by atoms with van der Waals surface area (Å²) in [5.74, 6) is -2.24. The number of nitrogens with one attached hydrogen (secondary N) is 1. The van der Waals surface area contributed by atoms with Gasteiger partial charge in [0.05, 0.1) is 16.8 Å². The number of benzene rings is 2. The lowest BCUT2D eigenvalue weighted by Gasteiger charge is -2.02. The van der Waals surface area contributed by atoms with Crippen LogP contribution in [-0.2, 0) is 0 Å². The number of para-hydroxylation sites is 1. The third kappa shape index (κ3) is 5.27. The molecule has 8 heteroatoms. The first kappa shape index (κ1) is 19.4. The number of nitrogens with zero attached hydrogens (tertiary/aromatic N) is 1. The third-order valence-electron chi connectivity index (χ3n) is 3.43. The Morgan fingerprint density at radius 2 is 1.44 bits per heavy atom. The molecule has 3 rings (SSSR count). The van der Waals surface area contributed by atoms with Crippen LogP contribution in [0.15, 0.2) is 70.4 Å². The van der Waals surface area contributed by atoms with Crippen LogP contribution >= 0.6 is 0 Å². The van der Waals surface area contributed by atoms with Gasteiger partial charge in [-0.1, -0.05) is 18.2 Å². The van der Waals surface area contributed by atoms with Crippen LogP contribution in [0, 0.1) is 6.92 Å². The van der Waals surface area contributed by atoms with Gasteiger partial charge in [-0.05, 0) is 42.8 Å². The molecule has 0 spiro atoms. The molecule has 138 valence electrons. The first-order chi connectivity index (χ1) is 12.8. The van der Waals surface area contributed by atoms with Crippen LogP contribution in [0.2, 0.25) is 0 Å². The maximum Gasteiger partial charge on any atom is 0.335 e. The van der Waals surface area contributed by atoms with Crippen LogP contribution in [0.3, 0.4) is 0 Å². The zero-order valence-electron chi connectivity index (χ0n) is 14.2.